The summed E-state index contributed by atoms with van der Waals surface area (Å²) in [5, 5.41) is 19.9. The number of aromatic nitrogens is 4. The molecule has 0 saturated carbocycles. The first-order chi connectivity index (χ1) is 18.8. The van der Waals surface area contributed by atoms with Crippen molar-refractivity contribution in [3.63, 3.8) is 0 Å². The van der Waals surface area contributed by atoms with E-state index in [0.717, 1.165) is 5.56 Å². The Morgan fingerprint density at radius 2 is 1.77 bits per heavy atom. The van der Waals surface area contributed by atoms with Crippen LogP contribution in [0.2, 0.25) is 0 Å². The number of hydrogen-bond acceptors (Lipinski definition) is 9. The van der Waals surface area contributed by atoms with Gasteiger partial charge in [0.15, 0.2) is 5.82 Å². The van der Waals surface area contributed by atoms with Crippen LogP contribution in [0.15, 0.2) is 36.7 Å². The third kappa shape index (κ3) is 6.22. The van der Waals surface area contributed by atoms with Gasteiger partial charge in [0.25, 0.3) is 0 Å². The molecule has 1 aliphatic rings. The molecule has 4 rings (SSSR count). The molecule has 0 amide bonds. The third-order valence-electron chi connectivity index (χ3n) is 6.91. The molecule has 1 saturated heterocycles. The van der Waals surface area contributed by atoms with E-state index >= 15 is 0 Å². The molecular formula is C27H39N5O6S2. The summed E-state index contributed by atoms with van der Waals surface area (Å²) in [4.78, 5) is 4.32. The van der Waals surface area contributed by atoms with Crippen LogP contribution in [-0.4, -0.2) is 104 Å². The lowest BCUT2D eigenvalue weighted by atomic mass is 9.83. The molecule has 1 atom stereocenters. The van der Waals surface area contributed by atoms with Gasteiger partial charge in [-0.3, -0.25) is 9.55 Å². The molecule has 3 aromatic rings. The number of benzene rings is 1. The van der Waals surface area contributed by atoms with Crippen molar-refractivity contribution >= 4 is 26.0 Å². The minimum atomic E-state index is -4.08. The SMILES string of the molecule is COc1cccc(OC)c1-n1c(-c2cncc(C)c2)nnc1N(CCS(C)(C)C)S(=O)(=O)C[C@@H](O)C1(C)COC1. The molecule has 0 radical (unpaired) electrons. The Kier molecular flexibility index (Phi) is 8.69. The quantitative estimate of drug-likeness (QED) is 0.337. The summed E-state index contributed by atoms with van der Waals surface area (Å²) in [7, 11) is -2.11. The van der Waals surface area contributed by atoms with Gasteiger partial charge >= 0.3 is 0 Å². The Labute approximate surface area is 237 Å². The molecule has 0 aliphatic carbocycles. The molecule has 0 bridgehead atoms. The predicted octanol–water partition coefficient (Wildman–Crippen LogP) is 2.88. The van der Waals surface area contributed by atoms with Gasteiger partial charge < -0.3 is 19.3 Å². The van der Waals surface area contributed by atoms with E-state index < -0.39 is 37.3 Å². The second-order valence-electron chi connectivity index (χ2n) is 11.2. The molecule has 1 aromatic carbocycles. The fraction of sp³-hybridized carbons (Fsp3) is 0.519. The maximum absolute atomic E-state index is 14.1. The summed E-state index contributed by atoms with van der Waals surface area (Å²) in [6.45, 7) is 4.49. The number of sulfonamides is 1. The summed E-state index contributed by atoms with van der Waals surface area (Å²) < 4.78 is 47.8. The number of nitrogens with zero attached hydrogens (tertiary/aromatic N) is 5. The largest absolute Gasteiger partial charge is 0.494 e. The zero-order valence-corrected chi connectivity index (χ0v) is 25.8. The van der Waals surface area contributed by atoms with E-state index in [9.17, 15) is 13.5 Å². The summed E-state index contributed by atoms with van der Waals surface area (Å²) in [6, 6.07) is 7.21. The molecule has 11 nitrogen and oxygen atoms in total. The van der Waals surface area contributed by atoms with E-state index in [2.05, 4.69) is 33.9 Å². The number of aliphatic hydroxyl groups excluding tert-OH is 1. The number of ether oxygens (including phenoxy) is 3. The number of para-hydroxylation sites is 1. The van der Waals surface area contributed by atoms with Crippen LogP contribution < -0.4 is 13.8 Å². The normalized spacial score (nSPS) is 16.2. The Bertz CT molecular complexity index is 1430. The second kappa shape index (κ2) is 11.6. The highest BCUT2D eigenvalue weighted by molar-refractivity contribution is 8.32. The van der Waals surface area contributed by atoms with Crippen molar-refractivity contribution in [3.05, 3.63) is 42.2 Å². The van der Waals surface area contributed by atoms with Crippen LogP contribution in [0.25, 0.3) is 17.1 Å². The Morgan fingerprint density at radius 1 is 1.12 bits per heavy atom. The van der Waals surface area contributed by atoms with Crippen LogP contribution in [0.4, 0.5) is 5.95 Å². The smallest absolute Gasteiger partial charge is 0.246 e. The average Bonchev–Trinajstić information content (AvgIpc) is 3.29. The third-order valence-corrected chi connectivity index (χ3v) is 10.1. The highest BCUT2D eigenvalue weighted by Gasteiger charge is 2.44. The van der Waals surface area contributed by atoms with Crippen LogP contribution in [0, 0.1) is 12.3 Å². The van der Waals surface area contributed by atoms with Crippen LogP contribution in [0.5, 0.6) is 11.5 Å². The summed E-state index contributed by atoms with van der Waals surface area (Å²) in [6.07, 6.45) is 8.63. The molecule has 0 unspecified atom stereocenters. The van der Waals surface area contributed by atoms with Crippen LogP contribution in [0.3, 0.4) is 0 Å². The first-order valence-corrected chi connectivity index (χ1v) is 17.4. The second-order valence-corrected chi connectivity index (χ2v) is 17.8. The molecule has 1 fully saturated rings. The molecule has 1 N–H and O–H groups in total. The van der Waals surface area contributed by atoms with Crippen molar-refractivity contribution in [2.45, 2.75) is 20.0 Å². The van der Waals surface area contributed by atoms with Gasteiger partial charge in [-0.2, -0.15) is 0 Å². The van der Waals surface area contributed by atoms with Crippen molar-refractivity contribution in [1.82, 2.24) is 19.7 Å². The molecular weight excluding hydrogens is 554 g/mol. The average molecular weight is 594 g/mol. The summed E-state index contributed by atoms with van der Waals surface area (Å²) in [5.74, 6) is 1.46. The van der Waals surface area contributed by atoms with Gasteiger partial charge in [0.05, 0.1) is 39.3 Å². The summed E-state index contributed by atoms with van der Waals surface area (Å²) in [5.41, 5.74) is 1.36. The van der Waals surface area contributed by atoms with Gasteiger partial charge in [-0.25, -0.2) is 22.8 Å². The van der Waals surface area contributed by atoms with Crippen molar-refractivity contribution in [1.29, 1.82) is 0 Å². The fourth-order valence-corrected chi connectivity index (χ4v) is 6.95. The van der Waals surface area contributed by atoms with Crippen molar-refractivity contribution in [3.8, 4) is 28.6 Å². The predicted molar refractivity (Wildman–Crippen MR) is 159 cm³/mol. The first-order valence-electron chi connectivity index (χ1n) is 12.8. The minimum Gasteiger partial charge on any atom is -0.494 e. The van der Waals surface area contributed by atoms with E-state index in [-0.39, 0.29) is 12.5 Å². The zero-order chi connectivity index (χ0) is 29.3. The Hall–Kier alpha value is -2.87. The van der Waals surface area contributed by atoms with Crippen LogP contribution in [0.1, 0.15) is 12.5 Å². The maximum atomic E-state index is 14.1. The Balaban J connectivity index is 1.95. The highest BCUT2D eigenvalue weighted by Crippen LogP contribution is 2.41. The number of anilines is 1. The minimum absolute atomic E-state index is 0.0742. The Morgan fingerprint density at radius 3 is 2.30 bits per heavy atom. The molecule has 1 aliphatic heterocycles. The van der Waals surface area contributed by atoms with Crippen molar-refractivity contribution in [2.75, 3.05) is 68.6 Å². The molecule has 3 heterocycles. The number of methoxy groups -OCH3 is 2. The van der Waals surface area contributed by atoms with Gasteiger partial charge in [0.2, 0.25) is 16.0 Å². The molecule has 40 heavy (non-hydrogen) atoms. The number of aliphatic hydroxyl groups is 1. The van der Waals surface area contributed by atoms with Gasteiger partial charge in [-0.15, -0.1) is 10.2 Å². The van der Waals surface area contributed by atoms with Crippen LogP contribution >= 0.6 is 10.0 Å². The number of pyridine rings is 1. The zero-order valence-electron chi connectivity index (χ0n) is 24.1. The van der Waals surface area contributed by atoms with Gasteiger partial charge in [-0.05, 0) is 55.2 Å². The van der Waals surface area contributed by atoms with E-state index in [1.165, 1.54) is 18.5 Å². The van der Waals surface area contributed by atoms with E-state index in [0.29, 0.717) is 47.5 Å². The highest BCUT2D eigenvalue weighted by atomic mass is 32.3. The fourth-order valence-electron chi connectivity index (χ4n) is 4.39. The van der Waals surface area contributed by atoms with Gasteiger partial charge in [0, 0.05) is 29.9 Å². The lowest BCUT2D eigenvalue weighted by Crippen LogP contribution is -2.53. The number of hydrogen-bond donors (Lipinski definition) is 1. The summed E-state index contributed by atoms with van der Waals surface area (Å²) >= 11 is 0. The topological polar surface area (TPSA) is 129 Å². The van der Waals surface area contributed by atoms with Gasteiger partial charge in [0.1, 0.15) is 17.2 Å². The van der Waals surface area contributed by atoms with E-state index in [4.69, 9.17) is 14.2 Å². The van der Waals surface area contributed by atoms with Crippen molar-refractivity contribution in [2.24, 2.45) is 5.41 Å². The lowest BCUT2D eigenvalue weighted by molar-refractivity contribution is -0.154. The number of rotatable bonds is 12. The molecule has 2 aromatic heterocycles. The standard InChI is InChI=1S/C27H39N5O6S2/c1-19-13-20(15-28-14-19)25-29-30-26(32(25)24-21(36-3)9-8-10-22(24)37-4)31(11-12-39(5,6)7)40(34,35)16-23(33)27(2)17-38-18-27/h8-10,13-15,23,33H,11-12,16-18H2,1-7H3/t23-/m1/s1. The first kappa shape index (κ1) is 30.1. The monoisotopic (exact) mass is 593 g/mol. The van der Waals surface area contributed by atoms with E-state index in [1.54, 1.807) is 35.2 Å². The maximum Gasteiger partial charge on any atom is 0.246 e. The number of aryl methyl sites for hydroxylation is 1. The van der Waals surface area contributed by atoms with E-state index in [1.807, 2.05) is 19.9 Å². The lowest BCUT2D eigenvalue weighted by Gasteiger charge is -2.42. The molecule has 0 spiro atoms. The van der Waals surface area contributed by atoms with Gasteiger partial charge in [-0.1, -0.05) is 13.0 Å². The molecule has 220 valence electrons. The molecule has 13 heteroatoms. The van der Waals surface area contributed by atoms with Crippen LogP contribution in [-0.2, 0) is 14.8 Å². The van der Waals surface area contributed by atoms with Crippen molar-refractivity contribution < 1.29 is 27.7 Å².